The molecule has 0 spiro atoms. The maximum Gasteiger partial charge on any atom is 0.232 e. The van der Waals surface area contributed by atoms with E-state index in [9.17, 15) is 13.4 Å². The molecular weight excluding hydrogens is 397 g/mol. The molecule has 0 radical (unpaired) electrons. The van der Waals surface area contributed by atoms with Gasteiger partial charge in [-0.2, -0.15) is 0 Å². The molecule has 2 aromatic carbocycles. The van der Waals surface area contributed by atoms with Gasteiger partial charge in [0.25, 0.3) is 0 Å². The summed E-state index contributed by atoms with van der Waals surface area (Å²) in [5.74, 6) is -0.398. The number of hydrogen-bond acceptors (Lipinski definition) is 4. The third-order valence-electron chi connectivity index (χ3n) is 4.22. The molecule has 0 saturated heterocycles. The number of hydrogen-bond donors (Lipinski definition) is 1. The third-order valence-corrected chi connectivity index (χ3v) is 6.96. The van der Waals surface area contributed by atoms with Crippen LogP contribution in [0.1, 0.15) is 11.3 Å². The van der Waals surface area contributed by atoms with E-state index in [0.29, 0.717) is 15.0 Å². The van der Waals surface area contributed by atoms with Crippen LogP contribution < -0.4 is 9.62 Å². The Morgan fingerprint density at radius 2 is 1.93 bits per heavy atom. The van der Waals surface area contributed by atoms with Gasteiger partial charge in [0.2, 0.25) is 5.91 Å². The molecular formula is C20H20FN3O2S2. The van der Waals surface area contributed by atoms with Crippen LogP contribution in [0, 0.1) is 12.7 Å². The lowest BCUT2D eigenvalue weighted by Crippen LogP contribution is -2.27. The predicted octanol–water partition coefficient (Wildman–Crippen LogP) is 3.71. The van der Waals surface area contributed by atoms with E-state index in [1.54, 1.807) is 27.1 Å². The number of carbonyl (C=O) groups excluding carboxylic acids is 1. The summed E-state index contributed by atoms with van der Waals surface area (Å²) < 4.78 is 28.6. The Bertz CT molecular complexity index is 1020. The second-order valence-corrected chi connectivity index (χ2v) is 8.77. The molecule has 1 aromatic heterocycles. The SMILES string of the molecule is CNS(=O)c1sc(N(C)C(=O)Cc2ccc(-c3cccc(F)c3)cc2)nc1C. The fourth-order valence-corrected chi connectivity index (χ4v) is 4.72. The molecule has 3 rings (SSSR count). The van der Waals surface area contributed by atoms with Crippen molar-refractivity contribution in [3.8, 4) is 11.1 Å². The summed E-state index contributed by atoms with van der Waals surface area (Å²) in [6.45, 7) is 1.77. The average molecular weight is 418 g/mol. The summed E-state index contributed by atoms with van der Waals surface area (Å²) in [4.78, 5) is 18.5. The zero-order chi connectivity index (χ0) is 20.3. The van der Waals surface area contributed by atoms with Crippen LogP contribution in [-0.4, -0.2) is 29.2 Å². The first-order valence-corrected chi connectivity index (χ1v) is 10.5. The summed E-state index contributed by atoms with van der Waals surface area (Å²) in [5.41, 5.74) is 3.17. The first kappa shape index (κ1) is 20.3. The highest BCUT2D eigenvalue weighted by atomic mass is 32.2. The van der Waals surface area contributed by atoms with Gasteiger partial charge in [-0.3, -0.25) is 9.69 Å². The minimum atomic E-state index is -1.33. The number of benzene rings is 2. The zero-order valence-electron chi connectivity index (χ0n) is 15.7. The van der Waals surface area contributed by atoms with Gasteiger partial charge in [-0.25, -0.2) is 18.3 Å². The smallest absolute Gasteiger partial charge is 0.232 e. The van der Waals surface area contributed by atoms with Gasteiger partial charge >= 0.3 is 0 Å². The number of rotatable bonds is 6. The van der Waals surface area contributed by atoms with E-state index in [1.807, 2.05) is 30.3 Å². The van der Waals surface area contributed by atoms with Crippen LogP contribution >= 0.6 is 11.3 Å². The Kier molecular flexibility index (Phi) is 6.33. The maximum atomic E-state index is 13.4. The molecule has 0 aliphatic rings. The predicted molar refractivity (Wildman–Crippen MR) is 111 cm³/mol. The highest BCUT2D eigenvalue weighted by Gasteiger charge is 2.19. The van der Waals surface area contributed by atoms with Crippen molar-refractivity contribution in [3.63, 3.8) is 0 Å². The van der Waals surface area contributed by atoms with E-state index in [1.165, 1.54) is 28.4 Å². The van der Waals surface area contributed by atoms with Crippen molar-refractivity contribution in [1.29, 1.82) is 0 Å². The zero-order valence-corrected chi connectivity index (χ0v) is 17.4. The Morgan fingerprint density at radius 1 is 1.21 bits per heavy atom. The third kappa shape index (κ3) is 4.52. The standard InChI is InChI=1S/C20H20FN3O2S2/c1-13-19(28(26)22-2)27-20(23-13)24(3)18(25)11-14-7-9-15(10-8-14)16-5-4-6-17(21)12-16/h4-10,12,22H,11H2,1-3H3. The van der Waals surface area contributed by atoms with Gasteiger partial charge in [-0.1, -0.05) is 47.7 Å². The van der Waals surface area contributed by atoms with Crippen molar-refractivity contribution < 1.29 is 13.4 Å². The second-order valence-electron chi connectivity index (χ2n) is 6.18. The molecule has 3 aromatic rings. The van der Waals surface area contributed by atoms with E-state index in [2.05, 4.69) is 9.71 Å². The van der Waals surface area contributed by atoms with Crippen LogP contribution in [-0.2, 0) is 22.2 Å². The average Bonchev–Trinajstić information content (AvgIpc) is 3.09. The highest BCUT2D eigenvalue weighted by molar-refractivity contribution is 7.85. The summed E-state index contributed by atoms with van der Waals surface area (Å²) in [6, 6.07) is 13.9. The molecule has 0 fully saturated rings. The topological polar surface area (TPSA) is 62.3 Å². The van der Waals surface area contributed by atoms with Gasteiger partial charge in [0.1, 0.15) is 21.0 Å². The van der Waals surface area contributed by atoms with Crippen molar-refractivity contribution in [2.24, 2.45) is 0 Å². The Labute approximate surface area is 169 Å². The number of aryl methyl sites for hydroxylation is 1. The van der Waals surface area contributed by atoms with Crippen LogP contribution in [0.15, 0.2) is 52.7 Å². The molecule has 28 heavy (non-hydrogen) atoms. The number of halogens is 1. The summed E-state index contributed by atoms with van der Waals surface area (Å²) in [5, 5.41) is 0.512. The van der Waals surface area contributed by atoms with Crippen LogP contribution in [0.2, 0.25) is 0 Å². The Hall–Kier alpha value is -2.42. The monoisotopic (exact) mass is 417 g/mol. The molecule has 0 bridgehead atoms. The van der Waals surface area contributed by atoms with Crippen LogP contribution in [0.25, 0.3) is 11.1 Å². The molecule has 1 heterocycles. The Balaban J connectivity index is 1.71. The fraction of sp³-hybridized carbons (Fsp3) is 0.200. The van der Waals surface area contributed by atoms with Gasteiger partial charge < -0.3 is 0 Å². The largest absolute Gasteiger partial charge is 0.291 e. The normalized spacial score (nSPS) is 12.0. The lowest BCUT2D eigenvalue weighted by molar-refractivity contribution is -0.117. The lowest BCUT2D eigenvalue weighted by Gasteiger charge is -2.14. The number of aromatic nitrogens is 1. The van der Waals surface area contributed by atoms with Gasteiger partial charge in [0.15, 0.2) is 5.13 Å². The lowest BCUT2D eigenvalue weighted by atomic mass is 10.0. The van der Waals surface area contributed by atoms with Crippen molar-refractivity contribution in [1.82, 2.24) is 9.71 Å². The number of likely N-dealkylation sites (N-methyl/N-ethyl adjacent to an activating group) is 1. The second kappa shape index (κ2) is 8.72. The van der Waals surface area contributed by atoms with Gasteiger partial charge in [-0.05, 0) is 42.8 Å². The molecule has 5 nitrogen and oxygen atoms in total. The van der Waals surface area contributed by atoms with E-state index in [0.717, 1.165) is 16.7 Å². The summed E-state index contributed by atoms with van der Waals surface area (Å²) >= 11 is 1.24. The van der Waals surface area contributed by atoms with Crippen molar-refractivity contribution in [2.75, 3.05) is 19.0 Å². The molecule has 1 N–H and O–H groups in total. The fourth-order valence-electron chi connectivity index (χ4n) is 2.66. The van der Waals surface area contributed by atoms with Crippen LogP contribution in [0.4, 0.5) is 9.52 Å². The number of thiazole rings is 1. The molecule has 8 heteroatoms. The number of anilines is 1. The van der Waals surface area contributed by atoms with E-state index >= 15 is 0 Å². The summed E-state index contributed by atoms with van der Waals surface area (Å²) in [7, 11) is 1.94. The van der Waals surface area contributed by atoms with E-state index in [4.69, 9.17) is 0 Å². The van der Waals surface area contributed by atoms with Gasteiger partial charge in [0.05, 0.1) is 12.1 Å². The number of nitrogens with one attached hydrogen (secondary N) is 1. The van der Waals surface area contributed by atoms with Crippen molar-refractivity contribution >= 4 is 33.4 Å². The Morgan fingerprint density at radius 3 is 2.57 bits per heavy atom. The quantitative estimate of drug-likeness (QED) is 0.665. The van der Waals surface area contributed by atoms with E-state index < -0.39 is 11.0 Å². The molecule has 1 atom stereocenters. The van der Waals surface area contributed by atoms with Gasteiger partial charge in [0, 0.05) is 7.05 Å². The van der Waals surface area contributed by atoms with Crippen LogP contribution in [0.3, 0.4) is 0 Å². The van der Waals surface area contributed by atoms with Crippen molar-refractivity contribution in [3.05, 3.63) is 65.6 Å². The molecule has 0 saturated carbocycles. The minimum Gasteiger partial charge on any atom is -0.291 e. The maximum absolute atomic E-state index is 13.4. The molecule has 0 aliphatic heterocycles. The molecule has 1 amide bonds. The van der Waals surface area contributed by atoms with Gasteiger partial charge in [-0.15, -0.1) is 0 Å². The first-order chi connectivity index (χ1) is 13.4. The number of carbonyl (C=O) groups is 1. The number of nitrogens with zero attached hydrogens (tertiary/aromatic N) is 2. The first-order valence-electron chi connectivity index (χ1n) is 8.57. The van der Waals surface area contributed by atoms with E-state index in [-0.39, 0.29) is 18.1 Å². The van der Waals surface area contributed by atoms with Crippen molar-refractivity contribution in [2.45, 2.75) is 17.6 Å². The minimum absolute atomic E-state index is 0.117. The molecule has 146 valence electrons. The highest BCUT2D eigenvalue weighted by Crippen LogP contribution is 2.28. The summed E-state index contributed by atoms with van der Waals surface area (Å²) in [6.07, 6.45) is 0.211. The molecule has 0 aliphatic carbocycles. The number of amides is 1. The molecule has 1 unspecified atom stereocenters. The van der Waals surface area contributed by atoms with Crippen LogP contribution in [0.5, 0.6) is 0 Å².